The number of anilines is 2. The maximum absolute atomic E-state index is 14.8. The summed E-state index contributed by atoms with van der Waals surface area (Å²) in [5.41, 5.74) is 3.50. The van der Waals surface area contributed by atoms with E-state index in [0.29, 0.717) is 17.2 Å². The summed E-state index contributed by atoms with van der Waals surface area (Å²) in [7, 11) is 0. The second-order valence-corrected chi connectivity index (χ2v) is 8.18. The molecule has 0 atom stereocenters. The number of hydrogen-bond acceptors (Lipinski definition) is 3. The van der Waals surface area contributed by atoms with Crippen molar-refractivity contribution in [3.8, 4) is 11.3 Å². The van der Waals surface area contributed by atoms with Gasteiger partial charge in [0.1, 0.15) is 23.1 Å². The van der Waals surface area contributed by atoms with Gasteiger partial charge in [-0.3, -0.25) is 4.40 Å². The van der Waals surface area contributed by atoms with Crippen LogP contribution in [0.25, 0.3) is 21.8 Å². The Balaban J connectivity index is 1.75. The highest BCUT2D eigenvalue weighted by Crippen LogP contribution is 2.40. The average molecular weight is 440 g/mol. The van der Waals surface area contributed by atoms with Crippen molar-refractivity contribution in [3.63, 3.8) is 0 Å². The Hall–Kier alpha value is -2.96. The van der Waals surface area contributed by atoms with E-state index in [9.17, 15) is 8.78 Å². The molecule has 0 saturated carbocycles. The Labute approximate surface area is 181 Å². The van der Waals surface area contributed by atoms with Crippen LogP contribution in [0.1, 0.15) is 18.5 Å². The zero-order valence-electron chi connectivity index (χ0n) is 15.7. The van der Waals surface area contributed by atoms with E-state index < -0.39 is 5.82 Å². The van der Waals surface area contributed by atoms with E-state index in [2.05, 4.69) is 22.8 Å². The highest BCUT2D eigenvalue weighted by atomic mass is 35.5. The quantitative estimate of drug-likeness (QED) is 0.357. The number of halogens is 3. The number of thiazole rings is 1. The third-order valence-electron chi connectivity index (χ3n) is 5.01. The standard InChI is InChI=1S/C23H16ClF2N3S/c24-17-7-4-8-18(26)20(17)21-22(27-16-11-9-15(25)10-12-16)29-19(13-30-23(29)28-21)14-5-2-1-3-6-14/h1-2,4-5,7-13,27H,3,6H2. The Kier molecular flexibility index (Phi) is 4.89. The molecule has 0 radical (unpaired) electrons. The van der Waals surface area contributed by atoms with Crippen LogP contribution in [0, 0.1) is 11.6 Å². The molecule has 3 nitrogen and oxygen atoms in total. The molecule has 0 saturated heterocycles. The summed E-state index contributed by atoms with van der Waals surface area (Å²) in [5, 5.41) is 5.64. The molecule has 150 valence electrons. The molecule has 0 fully saturated rings. The number of allylic oxidation sites excluding steroid dienone is 4. The van der Waals surface area contributed by atoms with Crippen molar-refractivity contribution >= 4 is 45.0 Å². The molecule has 7 heteroatoms. The van der Waals surface area contributed by atoms with E-state index in [-0.39, 0.29) is 16.4 Å². The van der Waals surface area contributed by atoms with Gasteiger partial charge in [0.05, 0.1) is 16.3 Å². The lowest BCUT2D eigenvalue weighted by atomic mass is 10.0. The molecule has 1 aliphatic carbocycles. The van der Waals surface area contributed by atoms with Crippen molar-refractivity contribution in [2.45, 2.75) is 12.8 Å². The number of hydrogen-bond donors (Lipinski definition) is 1. The molecular weight excluding hydrogens is 424 g/mol. The zero-order chi connectivity index (χ0) is 20.7. The molecule has 2 aromatic heterocycles. The summed E-state index contributed by atoms with van der Waals surface area (Å²) in [6, 6.07) is 10.6. The monoisotopic (exact) mass is 439 g/mol. The van der Waals surface area contributed by atoms with Gasteiger partial charge in [-0.1, -0.05) is 35.9 Å². The second kappa shape index (κ2) is 7.70. The van der Waals surface area contributed by atoms with Crippen LogP contribution in [0.3, 0.4) is 0 Å². The van der Waals surface area contributed by atoms with E-state index in [4.69, 9.17) is 16.6 Å². The summed E-state index contributed by atoms with van der Waals surface area (Å²) >= 11 is 7.84. The van der Waals surface area contributed by atoms with Crippen molar-refractivity contribution in [2.24, 2.45) is 0 Å². The van der Waals surface area contributed by atoms with Gasteiger partial charge < -0.3 is 5.32 Å². The maximum Gasteiger partial charge on any atom is 0.196 e. The van der Waals surface area contributed by atoms with E-state index in [1.54, 1.807) is 24.3 Å². The van der Waals surface area contributed by atoms with E-state index in [0.717, 1.165) is 23.5 Å². The van der Waals surface area contributed by atoms with Crippen LogP contribution < -0.4 is 5.32 Å². The van der Waals surface area contributed by atoms with E-state index >= 15 is 0 Å². The molecule has 0 amide bonds. The minimum Gasteiger partial charge on any atom is -0.339 e. The third kappa shape index (κ3) is 3.32. The Morgan fingerprint density at radius 1 is 1.10 bits per heavy atom. The molecule has 0 spiro atoms. The van der Waals surface area contributed by atoms with Crippen LogP contribution in [0.2, 0.25) is 5.02 Å². The fourth-order valence-electron chi connectivity index (χ4n) is 3.58. The van der Waals surface area contributed by atoms with Gasteiger partial charge in [0.25, 0.3) is 0 Å². The predicted molar refractivity (Wildman–Crippen MR) is 120 cm³/mol. The first-order valence-electron chi connectivity index (χ1n) is 9.45. The first-order chi connectivity index (χ1) is 14.6. The Bertz CT molecular complexity index is 1280. The average Bonchev–Trinajstić information content (AvgIpc) is 3.31. The molecule has 1 aliphatic rings. The normalized spacial score (nSPS) is 13.6. The van der Waals surface area contributed by atoms with Gasteiger partial charge in [0, 0.05) is 11.1 Å². The zero-order valence-corrected chi connectivity index (χ0v) is 17.3. The molecule has 30 heavy (non-hydrogen) atoms. The molecule has 5 rings (SSSR count). The maximum atomic E-state index is 14.8. The van der Waals surface area contributed by atoms with Crippen molar-refractivity contribution in [1.82, 2.24) is 9.38 Å². The summed E-state index contributed by atoms with van der Waals surface area (Å²) < 4.78 is 30.2. The van der Waals surface area contributed by atoms with Crippen molar-refractivity contribution in [3.05, 3.63) is 88.4 Å². The topological polar surface area (TPSA) is 29.3 Å². The van der Waals surface area contributed by atoms with Gasteiger partial charge in [-0.05, 0) is 54.8 Å². The fourth-order valence-corrected chi connectivity index (χ4v) is 4.75. The Morgan fingerprint density at radius 3 is 2.67 bits per heavy atom. The SMILES string of the molecule is Fc1ccc(Nc2c(-c3c(F)cccc3Cl)nc3scc(C4=CC=CCC4)n23)cc1. The highest BCUT2D eigenvalue weighted by molar-refractivity contribution is 7.15. The number of rotatable bonds is 4. The highest BCUT2D eigenvalue weighted by Gasteiger charge is 2.23. The second-order valence-electron chi connectivity index (χ2n) is 6.94. The summed E-state index contributed by atoms with van der Waals surface area (Å²) in [5.74, 6) is -0.182. The van der Waals surface area contributed by atoms with Crippen molar-refractivity contribution < 1.29 is 8.78 Å². The number of imidazole rings is 1. The van der Waals surface area contributed by atoms with Crippen LogP contribution in [0.5, 0.6) is 0 Å². The molecular formula is C23H16ClF2N3S. The lowest BCUT2D eigenvalue weighted by molar-refractivity contribution is 0.628. The summed E-state index contributed by atoms with van der Waals surface area (Å²) in [6.45, 7) is 0. The van der Waals surface area contributed by atoms with E-state index in [1.165, 1.54) is 35.1 Å². The number of fused-ring (bicyclic) bond motifs is 1. The lowest BCUT2D eigenvalue weighted by Crippen LogP contribution is -2.01. The van der Waals surface area contributed by atoms with Crippen molar-refractivity contribution in [2.75, 3.05) is 5.32 Å². The number of aromatic nitrogens is 2. The van der Waals surface area contributed by atoms with Crippen LogP contribution in [0.4, 0.5) is 20.3 Å². The predicted octanol–water partition coefficient (Wildman–Crippen LogP) is 7.47. The molecule has 2 aromatic carbocycles. The summed E-state index contributed by atoms with van der Waals surface area (Å²) in [4.78, 5) is 5.43. The summed E-state index contributed by atoms with van der Waals surface area (Å²) in [6.07, 6.45) is 8.13. The van der Waals surface area contributed by atoms with Crippen LogP contribution in [-0.4, -0.2) is 9.38 Å². The lowest BCUT2D eigenvalue weighted by Gasteiger charge is -2.13. The molecule has 4 aromatic rings. The Morgan fingerprint density at radius 2 is 1.93 bits per heavy atom. The molecule has 0 aliphatic heterocycles. The first-order valence-corrected chi connectivity index (χ1v) is 10.7. The van der Waals surface area contributed by atoms with Gasteiger partial charge in [-0.25, -0.2) is 13.8 Å². The van der Waals surface area contributed by atoms with Gasteiger partial charge in [-0.2, -0.15) is 0 Å². The van der Waals surface area contributed by atoms with Crippen LogP contribution >= 0.6 is 22.9 Å². The molecule has 1 N–H and O–H groups in total. The fraction of sp³-hybridized carbons (Fsp3) is 0.0870. The van der Waals surface area contributed by atoms with Crippen LogP contribution in [-0.2, 0) is 0 Å². The first kappa shape index (κ1) is 19.0. The van der Waals surface area contributed by atoms with Gasteiger partial charge in [-0.15, -0.1) is 11.3 Å². The molecule has 2 heterocycles. The largest absolute Gasteiger partial charge is 0.339 e. The molecule has 0 bridgehead atoms. The minimum absolute atomic E-state index is 0.239. The van der Waals surface area contributed by atoms with Gasteiger partial charge in [0.2, 0.25) is 0 Å². The number of benzene rings is 2. The van der Waals surface area contributed by atoms with Crippen molar-refractivity contribution in [1.29, 1.82) is 0 Å². The number of nitrogens with one attached hydrogen (secondary N) is 1. The van der Waals surface area contributed by atoms with Gasteiger partial charge in [0.15, 0.2) is 4.96 Å². The number of nitrogens with zero attached hydrogens (tertiary/aromatic N) is 2. The third-order valence-corrected chi connectivity index (χ3v) is 6.15. The minimum atomic E-state index is -0.447. The van der Waals surface area contributed by atoms with Crippen LogP contribution in [0.15, 0.2) is 66.1 Å². The smallest absolute Gasteiger partial charge is 0.196 e. The van der Waals surface area contributed by atoms with E-state index in [1.807, 2.05) is 10.5 Å². The van der Waals surface area contributed by atoms with Gasteiger partial charge >= 0.3 is 0 Å². The molecule has 0 unspecified atom stereocenters.